The van der Waals surface area contributed by atoms with Gasteiger partial charge in [0, 0.05) is 6.10 Å². The molecule has 198 valence electrons. The predicted octanol–water partition coefficient (Wildman–Crippen LogP) is 5.97. The van der Waals surface area contributed by atoms with Crippen molar-refractivity contribution in [3.05, 3.63) is 72.8 Å². The van der Waals surface area contributed by atoms with Crippen LogP contribution in [0.25, 0.3) is 0 Å². The summed E-state index contributed by atoms with van der Waals surface area (Å²) in [5.74, 6) is -0.576. The SMILES string of the molecule is C[C@H](CCCCC[C@H]1OC(C)(C)O[C@@H]1/C=C/CO)O[Si](c1ccccc1)(c1ccccc1)C(C)(C)C. The summed E-state index contributed by atoms with van der Waals surface area (Å²) in [6.07, 6.45) is 9.10. The molecule has 0 bridgehead atoms. The molecule has 3 rings (SSSR count). The third-order valence-corrected chi connectivity index (χ3v) is 12.2. The van der Waals surface area contributed by atoms with Crippen LogP contribution in [0.2, 0.25) is 5.04 Å². The standard InChI is InChI=1S/C31H46O4Si/c1-25(17-10-7-15-22-28-29(23-16-24-32)34-31(5,6)33-28)35-36(30(2,3)4,26-18-11-8-12-19-26)27-20-13-9-14-21-27/h8-9,11-14,16,18-21,23,25,28-29,32H,7,10,15,17,22,24H2,1-6H3/b23-16+/t25-,28-,29-/m1/s1. The van der Waals surface area contributed by atoms with Crippen LogP contribution in [0.15, 0.2) is 72.8 Å². The minimum atomic E-state index is -2.50. The molecule has 5 heteroatoms. The third kappa shape index (κ3) is 7.17. The number of aliphatic hydroxyl groups is 1. The maximum atomic E-state index is 9.13. The molecule has 2 aromatic rings. The van der Waals surface area contributed by atoms with Gasteiger partial charge in [-0.1, -0.05) is 113 Å². The second-order valence-corrected chi connectivity index (χ2v) is 15.7. The van der Waals surface area contributed by atoms with Gasteiger partial charge in [-0.05, 0) is 49.0 Å². The average molecular weight is 511 g/mol. The van der Waals surface area contributed by atoms with Crippen molar-refractivity contribution < 1.29 is 19.0 Å². The van der Waals surface area contributed by atoms with Crippen LogP contribution in [0.1, 0.15) is 73.6 Å². The molecule has 0 aromatic heterocycles. The Hall–Kier alpha value is -1.76. The minimum Gasteiger partial charge on any atom is -0.405 e. The zero-order valence-electron chi connectivity index (χ0n) is 23.1. The summed E-state index contributed by atoms with van der Waals surface area (Å²) in [5, 5.41) is 11.8. The van der Waals surface area contributed by atoms with Crippen molar-refractivity contribution >= 4 is 18.7 Å². The number of benzene rings is 2. The normalized spacial score (nSPS) is 21.2. The predicted molar refractivity (Wildman–Crippen MR) is 151 cm³/mol. The zero-order valence-corrected chi connectivity index (χ0v) is 24.1. The monoisotopic (exact) mass is 510 g/mol. The molecule has 1 fully saturated rings. The van der Waals surface area contributed by atoms with Crippen molar-refractivity contribution in [3.63, 3.8) is 0 Å². The fraction of sp³-hybridized carbons (Fsp3) is 0.548. The van der Waals surface area contributed by atoms with Crippen LogP contribution in [0.4, 0.5) is 0 Å². The molecule has 0 unspecified atom stereocenters. The van der Waals surface area contributed by atoms with Gasteiger partial charge in [0.25, 0.3) is 8.32 Å². The maximum Gasteiger partial charge on any atom is 0.261 e. The van der Waals surface area contributed by atoms with Crippen molar-refractivity contribution in [1.82, 2.24) is 0 Å². The van der Waals surface area contributed by atoms with E-state index in [4.69, 9.17) is 19.0 Å². The first-order valence-corrected chi connectivity index (χ1v) is 15.4. The highest BCUT2D eigenvalue weighted by atomic mass is 28.4. The van der Waals surface area contributed by atoms with Gasteiger partial charge in [-0.2, -0.15) is 0 Å². The molecule has 0 radical (unpaired) electrons. The van der Waals surface area contributed by atoms with E-state index in [1.807, 2.05) is 19.9 Å². The molecule has 4 nitrogen and oxygen atoms in total. The molecule has 1 heterocycles. The summed E-state index contributed by atoms with van der Waals surface area (Å²) in [4.78, 5) is 0. The molecule has 36 heavy (non-hydrogen) atoms. The molecule has 1 aliphatic heterocycles. The molecule has 1 aliphatic rings. The first kappa shape index (κ1) is 28.8. The van der Waals surface area contributed by atoms with Crippen LogP contribution in [0.5, 0.6) is 0 Å². The first-order valence-electron chi connectivity index (χ1n) is 13.5. The number of aliphatic hydroxyl groups excluding tert-OH is 1. The average Bonchev–Trinajstić information content (AvgIpc) is 3.14. The van der Waals surface area contributed by atoms with Gasteiger partial charge in [0.1, 0.15) is 6.10 Å². The lowest BCUT2D eigenvalue weighted by Gasteiger charge is -2.44. The Kier molecular flexibility index (Phi) is 10.1. The number of ether oxygens (including phenoxy) is 2. The van der Waals surface area contributed by atoms with Crippen LogP contribution < -0.4 is 10.4 Å². The van der Waals surface area contributed by atoms with Crippen LogP contribution in [-0.2, 0) is 13.9 Å². The van der Waals surface area contributed by atoms with Gasteiger partial charge in [0.2, 0.25) is 0 Å². The molecule has 0 spiro atoms. The summed E-state index contributed by atoms with van der Waals surface area (Å²) in [6, 6.07) is 21.7. The highest BCUT2D eigenvalue weighted by Crippen LogP contribution is 2.38. The zero-order chi connectivity index (χ0) is 26.2. The van der Waals surface area contributed by atoms with E-state index in [9.17, 15) is 0 Å². The van der Waals surface area contributed by atoms with E-state index in [0.717, 1.165) is 32.1 Å². The molecule has 0 aliphatic carbocycles. The number of hydrogen-bond acceptors (Lipinski definition) is 4. The van der Waals surface area contributed by atoms with Crippen LogP contribution in [0, 0.1) is 0 Å². The van der Waals surface area contributed by atoms with Crippen molar-refractivity contribution in [3.8, 4) is 0 Å². The van der Waals surface area contributed by atoms with Gasteiger partial charge in [0.15, 0.2) is 5.79 Å². The van der Waals surface area contributed by atoms with Crippen molar-refractivity contribution in [2.24, 2.45) is 0 Å². The van der Waals surface area contributed by atoms with Crippen LogP contribution in [-0.4, -0.2) is 44.1 Å². The second-order valence-electron chi connectivity index (χ2n) is 11.5. The number of unbranched alkanes of at least 4 members (excludes halogenated alkanes) is 2. The molecule has 0 saturated carbocycles. The summed E-state index contributed by atoms with van der Waals surface area (Å²) >= 11 is 0. The maximum absolute atomic E-state index is 9.13. The Bertz CT molecular complexity index is 897. The Morgan fingerprint density at radius 3 is 2.06 bits per heavy atom. The second kappa shape index (κ2) is 12.7. The van der Waals surface area contributed by atoms with E-state index in [1.165, 1.54) is 10.4 Å². The fourth-order valence-electron chi connectivity index (χ4n) is 5.45. The molecule has 0 amide bonds. The molecule has 2 aromatic carbocycles. The van der Waals surface area contributed by atoms with Crippen molar-refractivity contribution in [2.75, 3.05) is 6.61 Å². The van der Waals surface area contributed by atoms with Crippen molar-refractivity contribution in [2.45, 2.75) is 103 Å². The van der Waals surface area contributed by atoms with E-state index in [1.54, 1.807) is 6.08 Å². The lowest BCUT2D eigenvalue weighted by Crippen LogP contribution is -2.67. The third-order valence-electron chi connectivity index (χ3n) is 7.05. The van der Waals surface area contributed by atoms with E-state index < -0.39 is 14.1 Å². The molecule has 3 atom stereocenters. The number of rotatable bonds is 12. The van der Waals surface area contributed by atoms with E-state index in [2.05, 4.69) is 88.4 Å². The Morgan fingerprint density at radius 2 is 1.53 bits per heavy atom. The smallest absolute Gasteiger partial charge is 0.261 e. The van der Waals surface area contributed by atoms with Gasteiger partial charge < -0.3 is 19.0 Å². The Balaban J connectivity index is 1.62. The lowest BCUT2D eigenvalue weighted by molar-refractivity contribution is -0.143. The van der Waals surface area contributed by atoms with E-state index in [0.29, 0.717) is 0 Å². The van der Waals surface area contributed by atoms with Gasteiger partial charge >= 0.3 is 0 Å². The fourth-order valence-corrected chi connectivity index (χ4v) is 10.2. The van der Waals surface area contributed by atoms with Gasteiger partial charge in [-0.15, -0.1) is 0 Å². The summed E-state index contributed by atoms with van der Waals surface area (Å²) in [7, 11) is -2.50. The molecule has 1 N–H and O–H groups in total. The minimum absolute atomic E-state index is 0.00627. The van der Waals surface area contributed by atoms with Crippen LogP contribution in [0.3, 0.4) is 0 Å². The molecular formula is C31H46O4Si. The molecule has 1 saturated heterocycles. The van der Waals surface area contributed by atoms with E-state index in [-0.39, 0.29) is 30.0 Å². The lowest BCUT2D eigenvalue weighted by atomic mass is 10.0. The summed E-state index contributed by atoms with van der Waals surface area (Å²) in [6.45, 7) is 13.2. The van der Waals surface area contributed by atoms with Crippen molar-refractivity contribution in [1.29, 1.82) is 0 Å². The van der Waals surface area contributed by atoms with Gasteiger partial charge in [-0.3, -0.25) is 0 Å². The molecular weight excluding hydrogens is 464 g/mol. The Morgan fingerprint density at radius 1 is 0.944 bits per heavy atom. The first-order chi connectivity index (χ1) is 17.1. The van der Waals surface area contributed by atoms with E-state index >= 15 is 0 Å². The number of hydrogen-bond donors (Lipinski definition) is 1. The summed E-state index contributed by atoms with van der Waals surface area (Å²) in [5.41, 5.74) is 0. The highest BCUT2D eigenvalue weighted by Gasteiger charge is 2.50. The van der Waals surface area contributed by atoms with Gasteiger partial charge in [-0.25, -0.2) is 0 Å². The van der Waals surface area contributed by atoms with Crippen LogP contribution >= 0.6 is 0 Å². The van der Waals surface area contributed by atoms with Gasteiger partial charge in [0.05, 0.1) is 12.7 Å². The topological polar surface area (TPSA) is 47.9 Å². The summed E-state index contributed by atoms with van der Waals surface area (Å²) < 4.78 is 19.3. The largest absolute Gasteiger partial charge is 0.405 e. The Labute approximate surface area is 219 Å². The highest BCUT2D eigenvalue weighted by molar-refractivity contribution is 6.99. The quantitative estimate of drug-likeness (QED) is 0.217.